The molecule has 2 aromatic carbocycles. The van der Waals surface area contributed by atoms with E-state index in [1.54, 1.807) is 24.3 Å². The molecule has 0 saturated carbocycles. The summed E-state index contributed by atoms with van der Waals surface area (Å²) in [4.78, 5) is 0. The van der Waals surface area contributed by atoms with Crippen LogP contribution in [0.2, 0.25) is 0 Å². The maximum atomic E-state index is 13.6. The van der Waals surface area contributed by atoms with Gasteiger partial charge in [-0.05, 0) is 43.3 Å². The minimum absolute atomic E-state index is 0.219. The zero-order valence-electron chi connectivity index (χ0n) is 11.6. The van der Waals surface area contributed by atoms with Crippen molar-refractivity contribution in [1.29, 1.82) is 0 Å². The molecule has 0 aliphatic heterocycles. The number of benzene rings is 2. The molecule has 0 amide bonds. The zero-order chi connectivity index (χ0) is 14.8. The molecule has 3 rings (SSSR count). The topological polar surface area (TPSA) is 14.2 Å². The number of halogens is 2. The average Bonchev–Trinajstić information content (AvgIpc) is 2.82. The van der Waals surface area contributed by atoms with Crippen LogP contribution in [-0.2, 0) is 13.2 Å². The van der Waals surface area contributed by atoms with Crippen molar-refractivity contribution in [2.45, 2.75) is 20.1 Å². The summed E-state index contributed by atoms with van der Waals surface area (Å²) in [6.07, 6.45) is 0. The fourth-order valence-corrected chi connectivity index (χ4v) is 2.51. The van der Waals surface area contributed by atoms with Gasteiger partial charge in [0, 0.05) is 17.4 Å². The molecule has 0 N–H and O–H groups in total. The second-order valence-corrected chi connectivity index (χ2v) is 4.80. The molecule has 1 heterocycles. The Morgan fingerprint density at radius 3 is 2.62 bits per heavy atom. The van der Waals surface area contributed by atoms with Gasteiger partial charge in [-0.25, -0.2) is 8.78 Å². The molecule has 108 valence electrons. The lowest BCUT2D eigenvalue weighted by Gasteiger charge is -2.10. The Morgan fingerprint density at radius 1 is 1.05 bits per heavy atom. The van der Waals surface area contributed by atoms with Crippen molar-refractivity contribution in [1.82, 2.24) is 4.57 Å². The summed E-state index contributed by atoms with van der Waals surface area (Å²) in [5, 5.41) is 0.823. The Morgan fingerprint density at radius 2 is 1.86 bits per heavy atom. The summed E-state index contributed by atoms with van der Waals surface area (Å²) >= 11 is 0. The molecule has 0 saturated heterocycles. The van der Waals surface area contributed by atoms with E-state index in [2.05, 4.69) is 0 Å². The monoisotopic (exact) mass is 287 g/mol. The Balaban J connectivity index is 1.92. The lowest BCUT2D eigenvalue weighted by Crippen LogP contribution is -2.05. The second kappa shape index (κ2) is 5.56. The molecular formula is C17H15F2NO. The number of rotatable bonds is 4. The maximum absolute atomic E-state index is 13.6. The SMILES string of the molecule is CCn1c(COc2ccccc2F)cc2cc(F)ccc21. The van der Waals surface area contributed by atoms with E-state index in [4.69, 9.17) is 4.74 Å². The average molecular weight is 287 g/mol. The van der Waals surface area contributed by atoms with Gasteiger partial charge in [-0.2, -0.15) is 0 Å². The van der Waals surface area contributed by atoms with Crippen LogP contribution in [0.3, 0.4) is 0 Å². The molecule has 0 atom stereocenters. The number of hydrogen-bond donors (Lipinski definition) is 0. The van der Waals surface area contributed by atoms with Crippen LogP contribution >= 0.6 is 0 Å². The van der Waals surface area contributed by atoms with Gasteiger partial charge in [0.1, 0.15) is 12.4 Å². The molecule has 21 heavy (non-hydrogen) atoms. The highest BCUT2D eigenvalue weighted by molar-refractivity contribution is 5.81. The molecule has 4 heteroatoms. The van der Waals surface area contributed by atoms with E-state index in [9.17, 15) is 8.78 Å². The Hall–Kier alpha value is -2.36. The molecular weight excluding hydrogens is 272 g/mol. The van der Waals surface area contributed by atoms with E-state index in [1.807, 2.05) is 17.6 Å². The van der Waals surface area contributed by atoms with E-state index in [-0.39, 0.29) is 24.0 Å². The lowest BCUT2D eigenvalue weighted by molar-refractivity contribution is 0.281. The van der Waals surface area contributed by atoms with Crippen molar-refractivity contribution in [2.75, 3.05) is 0 Å². The number of hydrogen-bond acceptors (Lipinski definition) is 1. The minimum Gasteiger partial charge on any atom is -0.484 e. The van der Waals surface area contributed by atoms with Crippen LogP contribution in [0.5, 0.6) is 5.75 Å². The van der Waals surface area contributed by atoms with Crippen molar-refractivity contribution < 1.29 is 13.5 Å². The van der Waals surface area contributed by atoms with Crippen molar-refractivity contribution in [3.8, 4) is 5.75 Å². The van der Waals surface area contributed by atoms with Crippen molar-refractivity contribution in [2.24, 2.45) is 0 Å². The highest BCUT2D eigenvalue weighted by atomic mass is 19.1. The van der Waals surface area contributed by atoms with Crippen LogP contribution in [-0.4, -0.2) is 4.57 Å². The number of aryl methyl sites for hydroxylation is 1. The molecule has 0 aliphatic rings. The van der Waals surface area contributed by atoms with Gasteiger partial charge in [-0.1, -0.05) is 12.1 Å². The van der Waals surface area contributed by atoms with Crippen molar-refractivity contribution in [3.63, 3.8) is 0 Å². The fraction of sp³-hybridized carbons (Fsp3) is 0.176. The summed E-state index contributed by atoms with van der Waals surface area (Å²) in [6.45, 7) is 2.99. The van der Waals surface area contributed by atoms with Gasteiger partial charge in [-0.15, -0.1) is 0 Å². The van der Waals surface area contributed by atoms with E-state index in [1.165, 1.54) is 18.2 Å². The molecule has 2 nitrogen and oxygen atoms in total. The Kier molecular flexibility index (Phi) is 3.60. The van der Waals surface area contributed by atoms with Gasteiger partial charge in [0.15, 0.2) is 11.6 Å². The standard InChI is InChI=1S/C17H15F2NO/c1-2-20-14(10-12-9-13(18)7-8-16(12)20)11-21-17-6-4-3-5-15(17)19/h3-10H,2,11H2,1H3. The highest BCUT2D eigenvalue weighted by Gasteiger charge is 2.10. The molecule has 0 radical (unpaired) electrons. The Labute approximate surface area is 121 Å². The molecule has 0 bridgehead atoms. The summed E-state index contributed by atoms with van der Waals surface area (Å²) in [5.74, 6) is -0.434. The normalized spacial score (nSPS) is 11.0. The predicted molar refractivity (Wildman–Crippen MR) is 78.3 cm³/mol. The van der Waals surface area contributed by atoms with E-state index in [0.717, 1.165) is 23.1 Å². The molecule has 0 aliphatic carbocycles. The van der Waals surface area contributed by atoms with Crippen molar-refractivity contribution >= 4 is 10.9 Å². The van der Waals surface area contributed by atoms with Crippen LogP contribution in [0, 0.1) is 11.6 Å². The number of ether oxygens (including phenoxy) is 1. The third kappa shape index (κ3) is 2.61. The van der Waals surface area contributed by atoms with Crippen molar-refractivity contribution in [3.05, 3.63) is 65.9 Å². The first-order chi connectivity index (χ1) is 10.2. The summed E-state index contributed by atoms with van der Waals surface area (Å²) in [7, 11) is 0. The van der Waals surface area contributed by atoms with Gasteiger partial charge in [-0.3, -0.25) is 0 Å². The number of aromatic nitrogens is 1. The predicted octanol–water partition coefficient (Wildman–Crippen LogP) is 4.52. The van der Waals surface area contributed by atoms with Gasteiger partial charge >= 0.3 is 0 Å². The maximum Gasteiger partial charge on any atom is 0.165 e. The second-order valence-electron chi connectivity index (χ2n) is 4.80. The van der Waals surface area contributed by atoms with Crippen LogP contribution in [0.15, 0.2) is 48.5 Å². The largest absolute Gasteiger partial charge is 0.484 e. The third-order valence-electron chi connectivity index (χ3n) is 3.48. The van der Waals surface area contributed by atoms with Gasteiger partial charge < -0.3 is 9.30 Å². The van der Waals surface area contributed by atoms with Crippen LogP contribution in [0.25, 0.3) is 10.9 Å². The third-order valence-corrected chi connectivity index (χ3v) is 3.48. The van der Waals surface area contributed by atoms with E-state index in [0.29, 0.717) is 0 Å². The summed E-state index contributed by atoms with van der Waals surface area (Å²) < 4.78 is 34.4. The van der Waals surface area contributed by atoms with Crippen LogP contribution < -0.4 is 4.74 Å². The van der Waals surface area contributed by atoms with Crippen LogP contribution in [0.4, 0.5) is 8.78 Å². The first kappa shape index (κ1) is 13.6. The van der Waals surface area contributed by atoms with Crippen LogP contribution in [0.1, 0.15) is 12.6 Å². The zero-order valence-corrected chi connectivity index (χ0v) is 11.6. The van der Waals surface area contributed by atoms with E-state index < -0.39 is 0 Å². The van der Waals surface area contributed by atoms with E-state index >= 15 is 0 Å². The first-order valence-corrected chi connectivity index (χ1v) is 6.84. The lowest BCUT2D eigenvalue weighted by atomic mass is 10.2. The number of para-hydroxylation sites is 1. The van der Waals surface area contributed by atoms with Gasteiger partial charge in [0.05, 0.1) is 5.69 Å². The summed E-state index contributed by atoms with van der Waals surface area (Å²) in [6, 6.07) is 12.9. The molecule has 3 aromatic rings. The fourth-order valence-electron chi connectivity index (χ4n) is 2.51. The molecule has 0 unspecified atom stereocenters. The Bertz CT molecular complexity index is 780. The number of nitrogens with zero attached hydrogens (tertiary/aromatic N) is 1. The van der Waals surface area contributed by atoms with Gasteiger partial charge in [0.25, 0.3) is 0 Å². The molecule has 0 spiro atoms. The quantitative estimate of drug-likeness (QED) is 0.688. The molecule has 0 fully saturated rings. The summed E-state index contributed by atoms with van der Waals surface area (Å²) in [5.41, 5.74) is 1.84. The van der Waals surface area contributed by atoms with Gasteiger partial charge in [0.2, 0.25) is 0 Å². The molecule has 1 aromatic heterocycles. The number of fused-ring (bicyclic) bond motifs is 1. The first-order valence-electron chi connectivity index (χ1n) is 6.84. The minimum atomic E-state index is -0.386. The highest BCUT2D eigenvalue weighted by Crippen LogP contribution is 2.23. The smallest absolute Gasteiger partial charge is 0.165 e.